The van der Waals surface area contributed by atoms with Gasteiger partial charge in [0.05, 0.1) is 21.3 Å². The molecule has 0 spiro atoms. The van der Waals surface area contributed by atoms with Crippen LogP contribution in [-0.4, -0.2) is 21.3 Å². The van der Waals surface area contributed by atoms with E-state index in [0.717, 1.165) is 10.6 Å². The van der Waals surface area contributed by atoms with Crippen molar-refractivity contribution in [1.82, 2.24) is 5.32 Å². The van der Waals surface area contributed by atoms with Crippen LogP contribution < -0.4 is 19.5 Å². The second-order valence-electron chi connectivity index (χ2n) is 5.19. The van der Waals surface area contributed by atoms with E-state index in [1.165, 1.54) is 5.56 Å². The molecule has 0 amide bonds. The highest BCUT2D eigenvalue weighted by molar-refractivity contribution is 6.30. The summed E-state index contributed by atoms with van der Waals surface area (Å²) in [4.78, 5) is 0. The van der Waals surface area contributed by atoms with Gasteiger partial charge < -0.3 is 19.5 Å². The lowest BCUT2D eigenvalue weighted by Crippen LogP contribution is -2.18. The zero-order valence-corrected chi connectivity index (χ0v) is 14.6. The van der Waals surface area contributed by atoms with Crippen molar-refractivity contribution < 1.29 is 14.2 Å². The maximum Gasteiger partial charge on any atom is 0.203 e. The van der Waals surface area contributed by atoms with Gasteiger partial charge in [-0.15, -0.1) is 0 Å². The van der Waals surface area contributed by atoms with Crippen LogP contribution in [0.25, 0.3) is 0 Å². The molecule has 0 heterocycles. The molecule has 0 saturated carbocycles. The molecule has 23 heavy (non-hydrogen) atoms. The van der Waals surface area contributed by atoms with Crippen molar-refractivity contribution >= 4 is 11.6 Å². The van der Waals surface area contributed by atoms with Gasteiger partial charge in [0, 0.05) is 17.6 Å². The lowest BCUT2D eigenvalue weighted by Gasteiger charge is -2.17. The van der Waals surface area contributed by atoms with E-state index in [4.69, 9.17) is 25.8 Å². The molecule has 0 fully saturated rings. The zero-order valence-electron chi connectivity index (χ0n) is 13.9. The average Bonchev–Trinajstić information content (AvgIpc) is 2.59. The van der Waals surface area contributed by atoms with Crippen molar-refractivity contribution in [2.75, 3.05) is 21.3 Å². The molecule has 4 nitrogen and oxygen atoms in total. The Morgan fingerprint density at radius 2 is 1.52 bits per heavy atom. The Balaban J connectivity index is 2.12. The van der Waals surface area contributed by atoms with Gasteiger partial charge in [-0.2, -0.15) is 0 Å². The molecule has 1 atom stereocenters. The number of hydrogen-bond donors (Lipinski definition) is 1. The van der Waals surface area contributed by atoms with Crippen LogP contribution in [0.5, 0.6) is 17.2 Å². The smallest absolute Gasteiger partial charge is 0.203 e. The van der Waals surface area contributed by atoms with Crippen molar-refractivity contribution in [1.29, 1.82) is 0 Å². The van der Waals surface area contributed by atoms with Gasteiger partial charge in [0.25, 0.3) is 0 Å². The third kappa shape index (κ3) is 4.30. The van der Waals surface area contributed by atoms with E-state index in [1.54, 1.807) is 21.3 Å². The van der Waals surface area contributed by atoms with Crippen LogP contribution in [0.1, 0.15) is 24.1 Å². The van der Waals surface area contributed by atoms with E-state index in [1.807, 2.05) is 36.4 Å². The first kappa shape index (κ1) is 17.4. The van der Waals surface area contributed by atoms with Gasteiger partial charge in [-0.3, -0.25) is 0 Å². The summed E-state index contributed by atoms with van der Waals surface area (Å²) in [5, 5.41) is 4.22. The Morgan fingerprint density at radius 1 is 0.957 bits per heavy atom. The molecule has 1 N–H and O–H groups in total. The lowest BCUT2D eigenvalue weighted by atomic mass is 10.1. The molecule has 0 aliphatic heterocycles. The van der Waals surface area contributed by atoms with Crippen molar-refractivity contribution in [3.63, 3.8) is 0 Å². The van der Waals surface area contributed by atoms with Crippen LogP contribution in [0, 0.1) is 0 Å². The molecular formula is C18H22ClNO3. The molecule has 0 aliphatic carbocycles. The monoisotopic (exact) mass is 335 g/mol. The summed E-state index contributed by atoms with van der Waals surface area (Å²) in [6, 6.07) is 11.9. The van der Waals surface area contributed by atoms with Gasteiger partial charge in [-0.1, -0.05) is 23.7 Å². The van der Waals surface area contributed by atoms with Crippen LogP contribution >= 0.6 is 11.6 Å². The molecule has 5 heteroatoms. The van der Waals surface area contributed by atoms with E-state index >= 15 is 0 Å². The Bertz CT molecular complexity index is 618. The summed E-state index contributed by atoms with van der Waals surface area (Å²) >= 11 is 5.92. The Hall–Kier alpha value is -1.91. The van der Waals surface area contributed by atoms with Gasteiger partial charge in [0.1, 0.15) is 0 Å². The topological polar surface area (TPSA) is 39.7 Å². The standard InChI is InChI=1S/C18H22ClNO3/c1-12(14-5-7-15(19)8-6-14)20-11-13-9-16(21-2)18(23-4)17(10-13)22-3/h5-10,12,20H,11H2,1-4H3/t12-/m1/s1. The van der Waals surface area contributed by atoms with Crippen molar-refractivity contribution in [3.8, 4) is 17.2 Å². The molecule has 124 valence electrons. The maximum atomic E-state index is 5.92. The minimum absolute atomic E-state index is 0.200. The highest BCUT2D eigenvalue weighted by Gasteiger charge is 2.13. The molecule has 0 aromatic heterocycles. The lowest BCUT2D eigenvalue weighted by molar-refractivity contribution is 0.323. The van der Waals surface area contributed by atoms with Crippen LogP contribution in [0.3, 0.4) is 0 Å². The third-order valence-corrected chi connectivity index (χ3v) is 3.96. The summed E-state index contributed by atoms with van der Waals surface area (Å²) in [5.41, 5.74) is 2.24. The van der Waals surface area contributed by atoms with Crippen molar-refractivity contribution in [2.24, 2.45) is 0 Å². The number of hydrogen-bond acceptors (Lipinski definition) is 4. The fraction of sp³-hybridized carbons (Fsp3) is 0.333. The second-order valence-corrected chi connectivity index (χ2v) is 5.62. The Morgan fingerprint density at radius 3 is 2.00 bits per heavy atom. The van der Waals surface area contributed by atoms with E-state index < -0.39 is 0 Å². The molecule has 2 aromatic rings. The summed E-state index contributed by atoms with van der Waals surface area (Å²) < 4.78 is 16.1. The molecule has 2 aromatic carbocycles. The van der Waals surface area contributed by atoms with E-state index in [-0.39, 0.29) is 6.04 Å². The molecular weight excluding hydrogens is 314 g/mol. The third-order valence-electron chi connectivity index (χ3n) is 3.71. The number of methoxy groups -OCH3 is 3. The second kappa shape index (κ2) is 8.09. The normalized spacial score (nSPS) is 11.9. The highest BCUT2D eigenvalue weighted by Crippen LogP contribution is 2.38. The largest absolute Gasteiger partial charge is 0.493 e. The molecule has 0 unspecified atom stereocenters. The summed E-state index contributed by atoms with van der Waals surface area (Å²) in [7, 11) is 4.83. The number of halogens is 1. The Kier molecular flexibility index (Phi) is 6.13. The zero-order chi connectivity index (χ0) is 16.8. The Labute approximate surface area is 142 Å². The number of ether oxygens (including phenoxy) is 3. The van der Waals surface area contributed by atoms with Gasteiger partial charge >= 0.3 is 0 Å². The summed E-state index contributed by atoms with van der Waals surface area (Å²) in [6.07, 6.45) is 0. The maximum absolute atomic E-state index is 5.92. The highest BCUT2D eigenvalue weighted by atomic mass is 35.5. The molecule has 0 aliphatic rings. The van der Waals surface area contributed by atoms with Gasteiger partial charge in [-0.05, 0) is 42.3 Å². The number of nitrogens with one attached hydrogen (secondary N) is 1. The fourth-order valence-corrected chi connectivity index (χ4v) is 2.50. The first-order valence-corrected chi connectivity index (χ1v) is 7.74. The van der Waals surface area contributed by atoms with Gasteiger partial charge in [-0.25, -0.2) is 0 Å². The average molecular weight is 336 g/mol. The molecule has 0 bridgehead atoms. The minimum atomic E-state index is 0.200. The van der Waals surface area contributed by atoms with Crippen LogP contribution in [0.15, 0.2) is 36.4 Å². The first-order valence-electron chi connectivity index (χ1n) is 7.36. The predicted octanol–water partition coefficient (Wildman–Crippen LogP) is 4.22. The predicted molar refractivity (Wildman–Crippen MR) is 92.8 cm³/mol. The summed E-state index contributed by atoms with van der Waals surface area (Å²) in [6.45, 7) is 2.79. The van der Waals surface area contributed by atoms with E-state index in [0.29, 0.717) is 23.8 Å². The van der Waals surface area contributed by atoms with Crippen LogP contribution in [0.2, 0.25) is 5.02 Å². The molecule has 2 rings (SSSR count). The van der Waals surface area contributed by atoms with Crippen LogP contribution in [0.4, 0.5) is 0 Å². The quantitative estimate of drug-likeness (QED) is 0.822. The van der Waals surface area contributed by atoms with Crippen molar-refractivity contribution in [2.45, 2.75) is 19.5 Å². The van der Waals surface area contributed by atoms with Crippen molar-refractivity contribution in [3.05, 3.63) is 52.5 Å². The van der Waals surface area contributed by atoms with Crippen LogP contribution in [-0.2, 0) is 6.54 Å². The molecule has 0 saturated heterocycles. The fourth-order valence-electron chi connectivity index (χ4n) is 2.38. The minimum Gasteiger partial charge on any atom is -0.493 e. The van der Waals surface area contributed by atoms with E-state index in [9.17, 15) is 0 Å². The number of benzene rings is 2. The first-order chi connectivity index (χ1) is 11.1. The van der Waals surface area contributed by atoms with Gasteiger partial charge in [0.15, 0.2) is 11.5 Å². The van der Waals surface area contributed by atoms with Gasteiger partial charge in [0.2, 0.25) is 5.75 Å². The SMILES string of the molecule is COc1cc(CN[C@H](C)c2ccc(Cl)cc2)cc(OC)c1OC. The number of rotatable bonds is 7. The molecule has 0 radical (unpaired) electrons. The summed E-state index contributed by atoms with van der Waals surface area (Å²) in [5.74, 6) is 1.91. The van der Waals surface area contributed by atoms with E-state index in [2.05, 4.69) is 12.2 Å².